The van der Waals surface area contributed by atoms with Gasteiger partial charge in [0.1, 0.15) is 5.82 Å². The predicted molar refractivity (Wildman–Crippen MR) is 115 cm³/mol. The van der Waals surface area contributed by atoms with Crippen LogP contribution >= 0.6 is 0 Å². The van der Waals surface area contributed by atoms with Crippen LogP contribution in [0.4, 0.5) is 4.39 Å². The molecule has 4 aromatic rings. The third-order valence-electron chi connectivity index (χ3n) is 4.70. The van der Waals surface area contributed by atoms with Crippen LogP contribution in [-0.4, -0.2) is 32.4 Å². The molecular weight excluding hydrogens is 393 g/mol. The van der Waals surface area contributed by atoms with Crippen LogP contribution < -0.4 is 5.32 Å². The summed E-state index contributed by atoms with van der Waals surface area (Å²) in [5.41, 5.74) is 3.17. The summed E-state index contributed by atoms with van der Waals surface area (Å²) < 4.78 is 15.6. The van der Waals surface area contributed by atoms with Gasteiger partial charge in [0.15, 0.2) is 0 Å². The van der Waals surface area contributed by atoms with E-state index < -0.39 is 0 Å². The van der Waals surface area contributed by atoms with E-state index in [0.717, 1.165) is 18.4 Å². The van der Waals surface area contributed by atoms with Crippen molar-refractivity contribution in [3.63, 3.8) is 0 Å². The maximum atomic E-state index is 14.0. The number of nitrogens with one attached hydrogen (secondary N) is 2. The number of benzene rings is 2. The number of hydrogen-bond donors (Lipinski definition) is 2. The molecule has 0 atom stereocenters. The van der Waals surface area contributed by atoms with Gasteiger partial charge in [0.25, 0.3) is 5.91 Å². The second-order valence-corrected chi connectivity index (χ2v) is 6.88. The van der Waals surface area contributed by atoms with E-state index in [2.05, 4.69) is 32.5 Å². The Morgan fingerprint density at radius 3 is 2.77 bits per heavy atom. The van der Waals surface area contributed by atoms with Crippen LogP contribution in [0.15, 0.2) is 73.3 Å². The van der Waals surface area contributed by atoms with E-state index in [4.69, 9.17) is 0 Å². The third-order valence-corrected chi connectivity index (χ3v) is 4.70. The maximum Gasteiger partial charge on any atom is 0.251 e. The van der Waals surface area contributed by atoms with Crippen LogP contribution in [0.2, 0.25) is 0 Å². The molecule has 1 amide bonds. The topological polar surface area (TPSA) is 75.6 Å². The zero-order valence-corrected chi connectivity index (χ0v) is 16.7. The zero-order valence-electron chi connectivity index (χ0n) is 16.7. The maximum absolute atomic E-state index is 14.0. The number of amides is 1. The van der Waals surface area contributed by atoms with Gasteiger partial charge in [-0.2, -0.15) is 10.2 Å². The van der Waals surface area contributed by atoms with Crippen LogP contribution in [0, 0.1) is 17.7 Å². The summed E-state index contributed by atoms with van der Waals surface area (Å²) in [4.78, 5) is 12.6. The first-order valence-corrected chi connectivity index (χ1v) is 9.87. The van der Waals surface area contributed by atoms with Gasteiger partial charge in [-0.05, 0) is 54.8 Å². The molecule has 2 N–H and O–H groups in total. The number of H-pyrrole nitrogens is 1. The first-order chi connectivity index (χ1) is 15.2. The molecule has 7 heteroatoms. The van der Waals surface area contributed by atoms with Crippen molar-refractivity contribution in [1.82, 2.24) is 25.3 Å². The normalized spacial score (nSPS) is 10.4. The zero-order chi connectivity index (χ0) is 21.5. The number of rotatable bonds is 6. The fraction of sp³-hybridized carbons (Fsp3) is 0.125. The van der Waals surface area contributed by atoms with Crippen LogP contribution in [0.1, 0.15) is 33.5 Å². The van der Waals surface area contributed by atoms with Gasteiger partial charge in [0.2, 0.25) is 0 Å². The predicted octanol–water partition coefficient (Wildman–Crippen LogP) is 3.50. The molecule has 0 bridgehead atoms. The SMILES string of the molecule is O=C(NCCCc1cn[nH]c1)c1ccc(-n2cccn2)c(C#Cc2ccccc2F)c1. The summed E-state index contributed by atoms with van der Waals surface area (Å²) in [7, 11) is 0. The minimum atomic E-state index is -0.387. The van der Waals surface area contributed by atoms with Gasteiger partial charge in [0, 0.05) is 30.7 Å². The Bertz CT molecular complexity index is 1220. The van der Waals surface area contributed by atoms with Gasteiger partial charge in [-0.3, -0.25) is 9.89 Å². The number of halogens is 1. The number of hydrogen-bond acceptors (Lipinski definition) is 3. The highest BCUT2D eigenvalue weighted by atomic mass is 19.1. The van der Waals surface area contributed by atoms with E-state index in [0.29, 0.717) is 28.9 Å². The fourth-order valence-corrected chi connectivity index (χ4v) is 3.10. The number of carbonyl (C=O) groups is 1. The Labute approximate surface area is 179 Å². The van der Waals surface area contributed by atoms with Crippen molar-refractivity contribution in [2.24, 2.45) is 0 Å². The molecular formula is C24H20FN5O. The van der Waals surface area contributed by atoms with Gasteiger partial charge in [0.05, 0.1) is 23.0 Å². The molecule has 2 aromatic carbocycles. The van der Waals surface area contributed by atoms with E-state index in [9.17, 15) is 9.18 Å². The molecule has 6 nitrogen and oxygen atoms in total. The summed E-state index contributed by atoms with van der Waals surface area (Å²) in [5, 5.41) is 13.9. The lowest BCUT2D eigenvalue weighted by Gasteiger charge is -2.09. The lowest BCUT2D eigenvalue weighted by atomic mass is 10.1. The minimum absolute atomic E-state index is 0.187. The molecule has 4 rings (SSSR count). The smallest absolute Gasteiger partial charge is 0.251 e. The van der Waals surface area contributed by atoms with Crippen molar-refractivity contribution >= 4 is 5.91 Å². The van der Waals surface area contributed by atoms with Crippen LogP contribution in [0.5, 0.6) is 0 Å². The molecule has 154 valence electrons. The number of nitrogens with zero attached hydrogens (tertiary/aromatic N) is 3. The van der Waals surface area contributed by atoms with Crippen molar-refractivity contribution in [1.29, 1.82) is 0 Å². The Hall–Kier alpha value is -4.18. The fourth-order valence-electron chi connectivity index (χ4n) is 3.10. The van der Waals surface area contributed by atoms with E-state index in [1.807, 2.05) is 6.20 Å². The van der Waals surface area contributed by atoms with Crippen molar-refractivity contribution in [2.45, 2.75) is 12.8 Å². The third kappa shape index (κ3) is 5.06. The molecule has 0 aliphatic heterocycles. The molecule has 0 radical (unpaired) electrons. The van der Waals surface area contributed by atoms with Crippen molar-refractivity contribution in [2.75, 3.05) is 6.54 Å². The summed E-state index contributed by atoms with van der Waals surface area (Å²) >= 11 is 0. The minimum Gasteiger partial charge on any atom is -0.352 e. The molecule has 0 saturated heterocycles. The van der Waals surface area contributed by atoms with E-state index in [1.54, 1.807) is 65.7 Å². The summed E-state index contributed by atoms with van der Waals surface area (Å²) in [5.74, 6) is 5.28. The Morgan fingerprint density at radius 2 is 2.00 bits per heavy atom. The molecule has 0 unspecified atom stereocenters. The second-order valence-electron chi connectivity index (χ2n) is 6.88. The average molecular weight is 413 g/mol. The quantitative estimate of drug-likeness (QED) is 0.375. The van der Waals surface area contributed by atoms with Gasteiger partial charge >= 0.3 is 0 Å². The highest BCUT2D eigenvalue weighted by Crippen LogP contribution is 2.16. The first kappa shape index (κ1) is 20.1. The molecule has 0 spiro atoms. The Balaban J connectivity index is 1.53. The summed E-state index contributed by atoms with van der Waals surface area (Å²) in [6.07, 6.45) is 8.70. The average Bonchev–Trinajstić information content (AvgIpc) is 3.50. The van der Waals surface area contributed by atoms with E-state index in [1.165, 1.54) is 6.07 Å². The highest BCUT2D eigenvalue weighted by Gasteiger charge is 2.10. The molecule has 2 aromatic heterocycles. The number of aromatic nitrogens is 4. The van der Waals surface area contributed by atoms with E-state index in [-0.39, 0.29) is 11.7 Å². The molecule has 0 aliphatic rings. The van der Waals surface area contributed by atoms with Crippen molar-refractivity contribution in [3.05, 3.63) is 101 Å². The van der Waals surface area contributed by atoms with Crippen LogP contribution in [0.3, 0.4) is 0 Å². The largest absolute Gasteiger partial charge is 0.352 e. The second kappa shape index (κ2) is 9.55. The van der Waals surface area contributed by atoms with Crippen LogP contribution in [-0.2, 0) is 6.42 Å². The van der Waals surface area contributed by atoms with Crippen molar-refractivity contribution < 1.29 is 9.18 Å². The van der Waals surface area contributed by atoms with Gasteiger partial charge in [-0.1, -0.05) is 24.0 Å². The lowest BCUT2D eigenvalue weighted by molar-refractivity contribution is 0.0953. The monoisotopic (exact) mass is 413 g/mol. The number of aromatic amines is 1. The van der Waals surface area contributed by atoms with Crippen LogP contribution in [0.25, 0.3) is 5.69 Å². The first-order valence-electron chi connectivity index (χ1n) is 9.87. The summed E-state index contributed by atoms with van der Waals surface area (Å²) in [6.45, 7) is 0.543. The molecule has 0 fully saturated rings. The Morgan fingerprint density at radius 1 is 1.13 bits per heavy atom. The molecule has 0 aliphatic carbocycles. The number of carbonyl (C=O) groups excluding carboxylic acids is 1. The standard InChI is InChI=1S/C24H20FN5O/c25-22-7-2-1-6-19(22)8-9-20-15-21(10-11-23(20)30-14-4-13-29-30)24(31)26-12-3-5-18-16-27-28-17-18/h1-2,4,6-7,10-11,13-17H,3,5,12H2,(H,26,31)(H,27,28). The summed E-state index contributed by atoms with van der Waals surface area (Å²) in [6, 6.07) is 13.4. The highest BCUT2D eigenvalue weighted by molar-refractivity contribution is 5.95. The van der Waals surface area contributed by atoms with E-state index >= 15 is 0 Å². The van der Waals surface area contributed by atoms with Gasteiger partial charge in [-0.15, -0.1) is 0 Å². The lowest BCUT2D eigenvalue weighted by Crippen LogP contribution is -2.25. The Kier molecular flexibility index (Phi) is 6.19. The van der Waals surface area contributed by atoms with Gasteiger partial charge < -0.3 is 5.32 Å². The molecule has 0 saturated carbocycles. The molecule has 2 heterocycles. The number of aryl methyl sites for hydroxylation is 1. The van der Waals surface area contributed by atoms with Crippen molar-refractivity contribution in [3.8, 4) is 17.5 Å². The van der Waals surface area contributed by atoms with Gasteiger partial charge in [-0.25, -0.2) is 9.07 Å². The molecule has 31 heavy (non-hydrogen) atoms.